The Labute approximate surface area is 486 Å². The molecule has 0 radical (unpaired) electrons. The molecule has 0 spiro atoms. The summed E-state index contributed by atoms with van der Waals surface area (Å²) in [5.74, 6) is -1.34. The molecule has 32 nitrogen and oxygen atoms in total. The van der Waals surface area contributed by atoms with Crippen molar-refractivity contribution in [3.05, 3.63) is 0 Å². The number of nitrogens with two attached hydrogens (primary N) is 2. The zero-order valence-corrected chi connectivity index (χ0v) is 51.0. The van der Waals surface area contributed by atoms with E-state index in [9.17, 15) is 50.4 Å². The van der Waals surface area contributed by atoms with Crippen molar-refractivity contribution in [2.45, 2.75) is 191 Å². The number of aliphatic hydroxyl groups excluding tert-OH is 6. The van der Waals surface area contributed by atoms with E-state index in [1.165, 1.54) is 21.1 Å². The van der Waals surface area contributed by atoms with Gasteiger partial charge in [0.2, 0.25) is 0 Å². The first-order valence-electron chi connectivity index (χ1n) is 26.1. The molecule has 5 aliphatic heterocycles. The number of aliphatic hydroxyl groups is 7. The van der Waals surface area contributed by atoms with Gasteiger partial charge in [0.05, 0.1) is 81.8 Å². The molecule has 41 heteroatoms. The second-order valence-electron chi connectivity index (χ2n) is 21.4. The summed E-state index contributed by atoms with van der Waals surface area (Å²) in [6.45, 7) is -8.70. The standard InChI is InChI=1S/C40H80B3N8O24P3S3/c1-14-40(58,34(72-35-27(48-4)31(56)28(53)18(9-52)70-35)36(66-14)71-33-26(51-38(46)47)29(54)25(50-37(44)45)30(55)32(33)57)39(2,3)49-13-63-10-19-15(6-22(41)67-19)74-77(60,80)65-12-21-17(8-24(43)69-21)75-78(61,81)64-11-20-16(7-23(42)68-20)73-76(59,79)62-5/h14-36,48-49,52-58H,6-13,41-43H2,1-5H3,(H,59,79)(H,60,80)(H,61,81)(H4,44,45,50)(H4,46,47,51). The van der Waals surface area contributed by atoms with Gasteiger partial charge in [0.25, 0.3) is 0 Å². The number of nitrogens with one attached hydrogen (secondary N) is 6. The van der Waals surface area contributed by atoms with Crippen LogP contribution >= 0.6 is 20.2 Å². The Bertz CT molecular complexity index is 2270. The molecule has 6 rings (SSSR count). The Kier molecular flexibility index (Phi) is 24.8. The van der Waals surface area contributed by atoms with Crippen LogP contribution in [0.3, 0.4) is 0 Å². The Morgan fingerprint density at radius 1 is 0.667 bits per heavy atom. The predicted octanol–water partition coefficient (Wildman–Crippen LogP) is -8.87. The summed E-state index contributed by atoms with van der Waals surface area (Å²) in [7, 11) is 8.01. The first-order chi connectivity index (χ1) is 37.7. The highest BCUT2D eigenvalue weighted by atomic mass is 32.5. The third-order valence-corrected chi connectivity index (χ3v) is 20.0. The van der Waals surface area contributed by atoms with Gasteiger partial charge in [-0.15, -0.1) is 0 Å². The number of likely N-dealkylation sites (N-methyl/N-ethyl adjacent to an activating group) is 1. The minimum atomic E-state index is -4.05. The maximum Gasteiger partial charge on any atom is 0.324 e. The third kappa shape index (κ3) is 17.3. The highest BCUT2D eigenvalue weighted by Gasteiger charge is 2.66. The van der Waals surface area contributed by atoms with Gasteiger partial charge >= 0.3 is 20.2 Å². The molecule has 1 saturated carbocycles. The summed E-state index contributed by atoms with van der Waals surface area (Å²) in [5, 5.41) is 106. The van der Waals surface area contributed by atoms with Gasteiger partial charge in [0, 0.05) is 30.7 Å². The van der Waals surface area contributed by atoms with Crippen LogP contribution in [0.4, 0.5) is 0 Å². The van der Waals surface area contributed by atoms with Crippen LogP contribution < -0.4 is 32.7 Å². The second-order valence-corrected chi connectivity index (χ2v) is 29.9. The average molecular weight is 1280 g/mol. The zero-order valence-electron chi connectivity index (χ0n) is 45.8. The van der Waals surface area contributed by atoms with E-state index in [0.29, 0.717) is 6.42 Å². The molecule has 20 N–H and O–H groups in total. The number of hydrogen-bond donors (Lipinski definition) is 18. The minimum Gasteiger partial charge on any atom is -0.394 e. The lowest BCUT2D eigenvalue weighted by Crippen LogP contribution is -2.74. The van der Waals surface area contributed by atoms with Crippen molar-refractivity contribution in [1.29, 1.82) is 10.8 Å². The van der Waals surface area contributed by atoms with Crippen molar-refractivity contribution < 1.29 is 115 Å². The molecule has 5 saturated heterocycles. The van der Waals surface area contributed by atoms with Crippen LogP contribution in [0.5, 0.6) is 0 Å². The molecule has 466 valence electrons. The van der Waals surface area contributed by atoms with E-state index in [1.807, 2.05) is 0 Å². The molecule has 5 heterocycles. The van der Waals surface area contributed by atoms with Gasteiger partial charge in [-0.2, -0.15) is 0 Å². The van der Waals surface area contributed by atoms with Crippen LogP contribution in [0.2, 0.25) is 0 Å². The fourth-order valence-corrected chi connectivity index (χ4v) is 14.8. The van der Waals surface area contributed by atoms with E-state index in [4.69, 9.17) is 123 Å². The van der Waals surface area contributed by atoms with E-state index in [1.54, 1.807) is 37.4 Å². The fourth-order valence-electron chi connectivity index (χ4n) is 10.9. The lowest BCUT2D eigenvalue weighted by atomic mass is 9.75. The quantitative estimate of drug-likeness (QED) is 0.00907. The van der Waals surface area contributed by atoms with Gasteiger partial charge in [-0.1, -0.05) is 0 Å². The first-order valence-corrected chi connectivity index (χ1v) is 33.8. The summed E-state index contributed by atoms with van der Waals surface area (Å²) in [4.78, 5) is 32.7. The molecule has 1 aliphatic carbocycles. The minimum absolute atomic E-state index is 0.152. The van der Waals surface area contributed by atoms with E-state index in [2.05, 4.69) is 21.3 Å². The van der Waals surface area contributed by atoms with Crippen molar-refractivity contribution in [1.82, 2.24) is 21.3 Å². The van der Waals surface area contributed by atoms with Crippen LogP contribution in [0.1, 0.15) is 40.0 Å². The maximum absolute atomic E-state index is 13.0. The van der Waals surface area contributed by atoms with E-state index < -0.39 is 172 Å². The molecule has 0 amide bonds. The van der Waals surface area contributed by atoms with Crippen molar-refractivity contribution >= 4 is 91.0 Å². The van der Waals surface area contributed by atoms with Gasteiger partial charge in [-0.05, 0) is 82.5 Å². The number of rotatable bonds is 27. The summed E-state index contributed by atoms with van der Waals surface area (Å²) < 4.78 is 82.7. The number of ether oxygens (including phenoxy) is 8. The lowest BCUT2D eigenvalue weighted by molar-refractivity contribution is -0.320. The molecular formula is C40H80B3N8O24P3S3. The van der Waals surface area contributed by atoms with Crippen LogP contribution in [0.25, 0.3) is 0 Å². The molecule has 6 aliphatic rings. The van der Waals surface area contributed by atoms with Gasteiger partial charge in [-0.3, -0.25) is 16.1 Å². The Morgan fingerprint density at radius 3 is 1.60 bits per heavy atom. The maximum atomic E-state index is 13.0. The molecule has 27 unspecified atom stereocenters. The lowest BCUT2D eigenvalue weighted by Gasteiger charge is -2.49. The Morgan fingerprint density at radius 2 is 1.14 bits per heavy atom. The highest BCUT2D eigenvalue weighted by molar-refractivity contribution is 8.07. The normalized spacial score (nSPS) is 43.4. The predicted molar refractivity (Wildman–Crippen MR) is 302 cm³/mol. The molecule has 6 fully saturated rings. The Hall–Kier alpha value is -0.355. The largest absolute Gasteiger partial charge is 0.394 e. The zero-order chi connectivity index (χ0) is 60.3. The van der Waals surface area contributed by atoms with Crippen molar-refractivity contribution in [2.24, 2.45) is 11.5 Å². The summed E-state index contributed by atoms with van der Waals surface area (Å²) in [6, 6.07) is -5.21. The SMILES string of the molecule is BC1CC(OP(O)(=S)OC)C(COP(O)(=S)OC2CC(B)OC2COP(O)(=S)OC2CC(B)OC2COCNC(C)(C)C2(O)C(C)OC(OC3C(O)C(O)C(NC(=N)N)C(O)C3NC(=N)N)C2OC2OC(CO)C(O)C(O)C2NC)O1. The summed E-state index contributed by atoms with van der Waals surface area (Å²) in [6.07, 6.45) is -21.9. The van der Waals surface area contributed by atoms with Crippen molar-refractivity contribution in [3.8, 4) is 0 Å². The summed E-state index contributed by atoms with van der Waals surface area (Å²) >= 11 is 15.8. The fraction of sp³-hybridized carbons (Fsp3) is 0.950. The van der Waals surface area contributed by atoms with Gasteiger partial charge in [0.15, 0.2) is 24.5 Å². The molecule has 0 aromatic heterocycles. The molecule has 81 heavy (non-hydrogen) atoms. The first kappa shape index (κ1) is 69.7. The van der Waals surface area contributed by atoms with E-state index >= 15 is 0 Å². The van der Waals surface area contributed by atoms with Crippen LogP contribution in [0, 0.1) is 10.8 Å². The van der Waals surface area contributed by atoms with Gasteiger partial charge < -0.3 is 143 Å². The molecular weight excluding hydrogens is 1200 g/mol. The molecule has 0 aromatic rings. The monoisotopic (exact) mass is 1280 g/mol. The molecule has 0 bridgehead atoms. The Balaban J connectivity index is 1.10. The number of hydrogen-bond acceptors (Lipinski definition) is 28. The van der Waals surface area contributed by atoms with Gasteiger partial charge in [0.1, 0.15) is 90.2 Å². The average Bonchev–Trinajstić information content (AvgIpc) is 4.10. The number of guanidine groups is 2. The molecule has 27 atom stereocenters. The smallest absolute Gasteiger partial charge is 0.324 e. The third-order valence-electron chi connectivity index (χ3n) is 15.1. The topological polar surface area (TPSA) is 479 Å². The van der Waals surface area contributed by atoms with E-state index in [-0.39, 0.29) is 57.4 Å². The van der Waals surface area contributed by atoms with Crippen molar-refractivity contribution in [3.63, 3.8) is 0 Å². The van der Waals surface area contributed by atoms with Crippen LogP contribution in [-0.4, -0.2) is 285 Å². The van der Waals surface area contributed by atoms with Crippen LogP contribution in [-0.2, 0) is 100 Å². The summed E-state index contributed by atoms with van der Waals surface area (Å²) in [5.41, 5.74) is 7.42. The van der Waals surface area contributed by atoms with Crippen molar-refractivity contribution in [2.75, 3.05) is 47.3 Å². The van der Waals surface area contributed by atoms with Crippen LogP contribution in [0.15, 0.2) is 0 Å². The highest BCUT2D eigenvalue weighted by Crippen LogP contribution is 2.52. The second kappa shape index (κ2) is 28.9. The molecule has 0 aromatic carbocycles. The van der Waals surface area contributed by atoms with E-state index in [0.717, 1.165) is 0 Å². The van der Waals surface area contributed by atoms with Gasteiger partial charge in [-0.25, -0.2) is 0 Å².